The van der Waals surface area contributed by atoms with E-state index < -0.39 is 0 Å². The van der Waals surface area contributed by atoms with Gasteiger partial charge in [-0.3, -0.25) is 0 Å². The van der Waals surface area contributed by atoms with Crippen molar-refractivity contribution in [1.82, 2.24) is 9.55 Å². The third kappa shape index (κ3) is 2.55. The molecule has 1 N–H and O–H groups in total. The second-order valence-corrected chi connectivity index (χ2v) is 4.10. The number of ether oxygens (including phenoxy) is 1. The average Bonchev–Trinajstić information content (AvgIpc) is 2.58. The van der Waals surface area contributed by atoms with Crippen molar-refractivity contribution in [3.8, 4) is 11.5 Å². The molecule has 1 heterocycles. The Morgan fingerprint density at radius 3 is 2.62 bits per heavy atom. The molecule has 0 radical (unpaired) electrons. The summed E-state index contributed by atoms with van der Waals surface area (Å²) in [6, 6.07) is 6.61. The van der Waals surface area contributed by atoms with Gasteiger partial charge >= 0.3 is 0 Å². The number of nitrogens with zero attached hydrogens (tertiary/aromatic N) is 2. The zero-order valence-electron chi connectivity index (χ0n) is 8.72. The van der Waals surface area contributed by atoms with E-state index >= 15 is 0 Å². The van der Waals surface area contributed by atoms with Gasteiger partial charge in [0.1, 0.15) is 18.1 Å². The summed E-state index contributed by atoms with van der Waals surface area (Å²) in [6.07, 6.45) is 1.89. The number of hydrogen-bond donors (Lipinski definition) is 1. The van der Waals surface area contributed by atoms with Crippen LogP contribution in [0, 0.1) is 0 Å². The Morgan fingerprint density at radius 1 is 1.38 bits per heavy atom. The second kappa shape index (κ2) is 4.57. The van der Waals surface area contributed by atoms with Crippen molar-refractivity contribution in [3.05, 3.63) is 40.9 Å². The quantitative estimate of drug-likeness (QED) is 0.941. The predicted molar refractivity (Wildman–Crippen MR) is 63.3 cm³/mol. The van der Waals surface area contributed by atoms with E-state index in [0.29, 0.717) is 12.4 Å². The molecule has 1 aromatic heterocycles. The lowest BCUT2D eigenvalue weighted by molar-refractivity contribution is 0.301. The average molecular weight is 283 g/mol. The number of benzene rings is 1. The predicted octanol–water partition coefficient (Wildman–Crippen LogP) is 2.47. The molecule has 84 valence electrons. The molecule has 0 aliphatic rings. The van der Waals surface area contributed by atoms with Gasteiger partial charge in [-0.05, 0) is 40.2 Å². The fourth-order valence-electron chi connectivity index (χ4n) is 1.27. The second-order valence-electron chi connectivity index (χ2n) is 3.39. The Bertz CT molecular complexity index is 460. The van der Waals surface area contributed by atoms with Gasteiger partial charge in [-0.2, -0.15) is 0 Å². The summed E-state index contributed by atoms with van der Waals surface area (Å²) in [6.45, 7) is 0.407. The number of aromatic hydroxyl groups is 1. The Hall–Kier alpha value is -1.49. The minimum absolute atomic E-state index is 0.230. The molecule has 0 atom stereocenters. The van der Waals surface area contributed by atoms with Crippen molar-refractivity contribution in [2.75, 3.05) is 0 Å². The maximum absolute atomic E-state index is 9.10. The summed E-state index contributed by atoms with van der Waals surface area (Å²) in [7, 11) is 1.90. The summed E-state index contributed by atoms with van der Waals surface area (Å²) in [5, 5.41) is 9.10. The molecule has 4 nitrogen and oxygen atoms in total. The molecule has 0 saturated heterocycles. The molecule has 0 bridgehead atoms. The minimum atomic E-state index is 0.230. The Kier molecular flexibility index (Phi) is 3.14. The molecule has 0 aliphatic carbocycles. The molecule has 0 unspecified atom stereocenters. The first-order chi connectivity index (χ1) is 7.65. The van der Waals surface area contributed by atoms with Crippen LogP contribution in [0.25, 0.3) is 0 Å². The van der Waals surface area contributed by atoms with Crippen molar-refractivity contribution in [2.45, 2.75) is 6.61 Å². The summed E-state index contributed by atoms with van der Waals surface area (Å²) in [5.41, 5.74) is 0.849. The number of aromatic nitrogens is 2. The van der Waals surface area contributed by atoms with Gasteiger partial charge in [0, 0.05) is 13.2 Å². The van der Waals surface area contributed by atoms with Crippen LogP contribution in [0.2, 0.25) is 0 Å². The first-order valence-corrected chi connectivity index (χ1v) is 5.54. The maximum Gasteiger partial charge on any atom is 0.177 e. The van der Waals surface area contributed by atoms with E-state index in [1.165, 1.54) is 0 Å². The van der Waals surface area contributed by atoms with Crippen LogP contribution in [0.3, 0.4) is 0 Å². The van der Waals surface area contributed by atoms with E-state index in [4.69, 9.17) is 9.84 Å². The Labute approximate surface area is 102 Å². The van der Waals surface area contributed by atoms with E-state index in [-0.39, 0.29) is 5.75 Å². The number of phenols is 1. The maximum atomic E-state index is 9.10. The van der Waals surface area contributed by atoms with Crippen LogP contribution in [-0.4, -0.2) is 14.7 Å². The molecular weight excluding hydrogens is 272 g/mol. The number of aryl methyl sites for hydroxylation is 1. The van der Waals surface area contributed by atoms with Gasteiger partial charge in [0.25, 0.3) is 0 Å². The van der Waals surface area contributed by atoms with Crippen molar-refractivity contribution in [1.29, 1.82) is 0 Å². The number of halogens is 1. The van der Waals surface area contributed by atoms with Crippen molar-refractivity contribution >= 4 is 15.9 Å². The molecule has 0 fully saturated rings. The van der Waals surface area contributed by atoms with E-state index in [9.17, 15) is 0 Å². The van der Waals surface area contributed by atoms with Gasteiger partial charge in [-0.15, -0.1) is 0 Å². The first-order valence-electron chi connectivity index (χ1n) is 4.75. The molecule has 0 saturated carbocycles. The van der Waals surface area contributed by atoms with Gasteiger partial charge in [0.15, 0.2) is 4.73 Å². The smallest absolute Gasteiger partial charge is 0.177 e. The molecule has 0 spiro atoms. The zero-order valence-corrected chi connectivity index (χ0v) is 10.3. The topological polar surface area (TPSA) is 47.3 Å². The molecule has 0 aliphatic heterocycles. The van der Waals surface area contributed by atoms with Gasteiger partial charge in [-0.1, -0.05) is 0 Å². The van der Waals surface area contributed by atoms with Crippen molar-refractivity contribution in [2.24, 2.45) is 7.05 Å². The molecule has 16 heavy (non-hydrogen) atoms. The van der Waals surface area contributed by atoms with Gasteiger partial charge in [-0.25, -0.2) is 4.98 Å². The lowest BCUT2D eigenvalue weighted by atomic mass is 10.3. The standard InChI is InChI=1S/C11H11BrN2O2/c1-14-6-8(13-11(14)12)7-16-10-4-2-9(15)3-5-10/h2-6,15H,7H2,1H3. The van der Waals surface area contributed by atoms with Gasteiger partial charge in [0.05, 0.1) is 5.69 Å². The lowest BCUT2D eigenvalue weighted by Gasteiger charge is -2.03. The van der Waals surface area contributed by atoms with E-state index in [0.717, 1.165) is 10.4 Å². The summed E-state index contributed by atoms with van der Waals surface area (Å²) in [4.78, 5) is 4.25. The number of rotatable bonds is 3. The van der Waals surface area contributed by atoms with Gasteiger partial charge in [0.2, 0.25) is 0 Å². The van der Waals surface area contributed by atoms with E-state index in [1.54, 1.807) is 24.3 Å². The molecule has 2 rings (SSSR count). The molecule has 1 aromatic carbocycles. The van der Waals surface area contributed by atoms with Crippen molar-refractivity contribution < 1.29 is 9.84 Å². The first kappa shape index (κ1) is 11.0. The largest absolute Gasteiger partial charge is 0.508 e. The minimum Gasteiger partial charge on any atom is -0.508 e. The molecular formula is C11H11BrN2O2. The highest BCUT2D eigenvalue weighted by Crippen LogP contribution is 2.17. The third-order valence-corrected chi connectivity index (χ3v) is 2.83. The Balaban J connectivity index is 1.99. The zero-order chi connectivity index (χ0) is 11.5. The Morgan fingerprint density at radius 2 is 2.06 bits per heavy atom. The monoisotopic (exact) mass is 282 g/mol. The highest BCUT2D eigenvalue weighted by Gasteiger charge is 2.02. The van der Waals surface area contributed by atoms with Crippen LogP contribution in [0.4, 0.5) is 0 Å². The molecule has 0 amide bonds. The van der Waals surface area contributed by atoms with E-state index in [1.807, 2.05) is 17.8 Å². The van der Waals surface area contributed by atoms with Gasteiger partial charge < -0.3 is 14.4 Å². The number of hydrogen-bond acceptors (Lipinski definition) is 3. The fourth-order valence-corrected chi connectivity index (χ4v) is 1.60. The summed E-state index contributed by atoms with van der Waals surface area (Å²) in [5.74, 6) is 0.938. The number of imidazole rings is 1. The van der Waals surface area contributed by atoms with Crippen molar-refractivity contribution in [3.63, 3.8) is 0 Å². The third-order valence-electron chi connectivity index (χ3n) is 2.09. The normalized spacial score (nSPS) is 10.4. The molecule has 2 aromatic rings. The van der Waals surface area contributed by atoms with Crippen LogP contribution in [0.15, 0.2) is 35.2 Å². The lowest BCUT2D eigenvalue weighted by Crippen LogP contribution is -1.95. The fraction of sp³-hybridized carbons (Fsp3) is 0.182. The number of phenolic OH excluding ortho intramolecular Hbond substituents is 1. The summed E-state index contributed by atoms with van der Waals surface area (Å²) < 4.78 is 8.15. The van der Waals surface area contributed by atoms with Crippen LogP contribution >= 0.6 is 15.9 Å². The van der Waals surface area contributed by atoms with E-state index in [2.05, 4.69) is 20.9 Å². The van der Waals surface area contributed by atoms with Crippen LogP contribution in [0.1, 0.15) is 5.69 Å². The van der Waals surface area contributed by atoms with Crippen LogP contribution in [0.5, 0.6) is 11.5 Å². The van der Waals surface area contributed by atoms with Crippen LogP contribution < -0.4 is 4.74 Å². The van der Waals surface area contributed by atoms with Crippen LogP contribution in [-0.2, 0) is 13.7 Å². The SMILES string of the molecule is Cn1cc(COc2ccc(O)cc2)nc1Br. The summed E-state index contributed by atoms with van der Waals surface area (Å²) >= 11 is 3.32. The highest BCUT2D eigenvalue weighted by atomic mass is 79.9. The molecule has 5 heteroatoms. The highest BCUT2D eigenvalue weighted by molar-refractivity contribution is 9.10.